The van der Waals surface area contributed by atoms with E-state index in [0.717, 1.165) is 18.9 Å². The topological polar surface area (TPSA) is 34.1 Å². The SMILES string of the molecule is COc1ccc(CC2(CC(C)C)CCCN2)cn1. The van der Waals surface area contributed by atoms with Crippen molar-refractivity contribution in [2.45, 2.75) is 45.1 Å². The molecule has 1 aromatic rings. The molecule has 0 aromatic carbocycles. The summed E-state index contributed by atoms with van der Waals surface area (Å²) in [6, 6.07) is 4.08. The van der Waals surface area contributed by atoms with Crippen LogP contribution in [0.2, 0.25) is 0 Å². The van der Waals surface area contributed by atoms with Crippen molar-refractivity contribution < 1.29 is 4.74 Å². The van der Waals surface area contributed by atoms with E-state index in [-0.39, 0.29) is 5.54 Å². The predicted molar refractivity (Wildman–Crippen MR) is 73.9 cm³/mol. The number of methoxy groups -OCH3 is 1. The van der Waals surface area contributed by atoms with Crippen molar-refractivity contribution in [1.82, 2.24) is 10.3 Å². The van der Waals surface area contributed by atoms with Crippen molar-refractivity contribution in [3.8, 4) is 5.88 Å². The highest BCUT2D eigenvalue weighted by Gasteiger charge is 2.33. The van der Waals surface area contributed by atoms with Crippen molar-refractivity contribution in [3.05, 3.63) is 23.9 Å². The third kappa shape index (κ3) is 3.22. The van der Waals surface area contributed by atoms with E-state index in [1.807, 2.05) is 12.3 Å². The van der Waals surface area contributed by atoms with Gasteiger partial charge in [0.05, 0.1) is 7.11 Å². The first-order chi connectivity index (χ1) is 8.63. The molecule has 0 spiro atoms. The van der Waals surface area contributed by atoms with E-state index in [9.17, 15) is 0 Å². The lowest BCUT2D eigenvalue weighted by molar-refractivity contribution is 0.301. The zero-order chi connectivity index (χ0) is 13.0. The number of pyridine rings is 1. The first kappa shape index (κ1) is 13.3. The average Bonchev–Trinajstić information content (AvgIpc) is 2.77. The summed E-state index contributed by atoms with van der Waals surface area (Å²) < 4.78 is 5.10. The summed E-state index contributed by atoms with van der Waals surface area (Å²) in [5.41, 5.74) is 1.58. The van der Waals surface area contributed by atoms with Gasteiger partial charge in [-0.25, -0.2) is 4.98 Å². The summed E-state index contributed by atoms with van der Waals surface area (Å²) in [6.07, 6.45) is 6.82. The van der Waals surface area contributed by atoms with Gasteiger partial charge >= 0.3 is 0 Å². The minimum absolute atomic E-state index is 0.282. The quantitative estimate of drug-likeness (QED) is 0.870. The molecule has 1 aliphatic heterocycles. The Balaban J connectivity index is 2.08. The molecule has 0 saturated carbocycles. The van der Waals surface area contributed by atoms with E-state index in [0.29, 0.717) is 5.88 Å². The number of nitrogens with zero attached hydrogens (tertiary/aromatic N) is 1. The van der Waals surface area contributed by atoms with Crippen molar-refractivity contribution in [2.75, 3.05) is 13.7 Å². The maximum absolute atomic E-state index is 5.10. The second-order valence-corrected chi connectivity index (χ2v) is 5.79. The number of hydrogen-bond donors (Lipinski definition) is 1. The Hall–Kier alpha value is -1.09. The summed E-state index contributed by atoms with van der Waals surface area (Å²) >= 11 is 0. The van der Waals surface area contributed by atoms with E-state index in [1.54, 1.807) is 7.11 Å². The van der Waals surface area contributed by atoms with E-state index in [4.69, 9.17) is 4.74 Å². The van der Waals surface area contributed by atoms with Crippen molar-refractivity contribution in [2.24, 2.45) is 5.92 Å². The fourth-order valence-electron chi connectivity index (χ4n) is 3.07. The van der Waals surface area contributed by atoms with Gasteiger partial charge in [0.15, 0.2) is 0 Å². The van der Waals surface area contributed by atoms with Gasteiger partial charge in [0.1, 0.15) is 0 Å². The minimum Gasteiger partial charge on any atom is -0.481 e. The normalized spacial score (nSPS) is 23.6. The molecule has 1 aromatic heterocycles. The van der Waals surface area contributed by atoms with Crippen molar-refractivity contribution in [1.29, 1.82) is 0 Å². The van der Waals surface area contributed by atoms with E-state index in [2.05, 4.69) is 30.2 Å². The first-order valence-corrected chi connectivity index (χ1v) is 6.87. The summed E-state index contributed by atoms with van der Waals surface area (Å²) in [6.45, 7) is 5.75. The maximum Gasteiger partial charge on any atom is 0.212 e. The van der Waals surface area contributed by atoms with Crippen LogP contribution in [0, 0.1) is 5.92 Å². The molecule has 1 aliphatic rings. The Kier molecular flexibility index (Phi) is 4.23. The van der Waals surface area contributed by atoms with Gasteiger partial charge < -0.3 is 10.1 Å². The molecule has 1 unspecified atom stereocenters. The van der Waals surface area contributed by atoms with Gasteiger partial charge in [0.2, 0.25) is 5.88 Å². The monoisotopic (exact) mass is 248 g/mol. The molecular weight excluding hydrogens is 224 g/mol. The number of ether oxygens (including phenoxy) is 1. The molecule has 0 amide bonds. The molecule has 2 heterocycles. The molecule has 0 aliphatic carbocycles. The van der Waals surface area contributed by atoms with Crippen LogP contribution in [0.15, 0.2) is 18.3 Å². The zero-order valence-corrected chi connectivity index (χ0v) is 11.7. The molecule has 0 radical (unpaired) electrons. The molecule has 0 bridgehead atoms. The van der Waals surface area contributed by atoms with Crippen LogP contribution < -0.4 is 10.1 Å². The molecule has 3 nitrogen and oxygen atoms in total. The van der Waals surface area contributed by atoms with Gasteiger partial charge in [-0.05, 0) is 43.7 Å². The molecule has 100 valence electrons. The van der Waals surface area contributed by atoms with Crippen LogP contribution in [0.25, 0.3) is 0 Å². The fraction of sp³-hybridized carbons (Fsp3) is 0.667. The van der Waals surface area contributed by atoms with Gasteiger partial charge in [-0.2, -0.15) is 0 Å². The molecule has 2 rings (SSSR count). The van der Waals surface area contributed by atoms with Crippen LogP contribution in [0.1, 0.15) is 38.7 Å². The summed E-state index contributed by atoms with van der Waals surface area (Å²) in [5, 5.41) is 3.72. The van der Waals surface area contributed by atoms with Gasteiger partial charge in [-0.15, -0.1) is 0 Å². The largest absolute Gasteiger partial charge is 0.481 e. The Bertz CT molecular complexity index is 367. The fourth-order valence-corrected chi connectivity index (χ4v) is 3.07. The smallest absolute Gasteiger partial charge is 0.212 e. The Labute approximate surface area is 110 Å². The highest BCUT2D eigenvalue weighted by atomic mass is 16.5. The lowest BCUT2D eigenvalue weighted by Crippen LogP contribution is -2.43. The molecule has 3 heteroatoms. The van der Waals surface area contributed by atoms with Crippen LogP contribution >= 0.6 is 0 Å². The highest BCUT2D eigenvalue weighted by Crippen LogP contribution is 2.30. The van der Waals surface area contributed by atoms with Crippen LogP contribution in [0.4, 0.5) is 0 Å². The van der Waals surface area contributed by atoms with Gasteiger partial charge in [-0.1, -0.05) is 19.9 Å². The average molecular weight is 248 g/mol. The van der Waals surface area contributed by atoms with E-state index >= 15 is 0 Å². The van der Waals surface area contributed by atoms with Crippen molar-refractivity contribution >= 4 is 0 Å². The molecule has 1 N–H and O–H groups in total. The van der Waals surface area contributed by atoms with Gasteiger partial charge in [0, 0.05) is 17.8 Å². The molecule has 1 atom stereocenters. The maximum atomic E-state index is 5.10. The Morgan fingerprint density at radius 1 is 1.44 bits per heavy atom. The van der Waals surface area contributed by atoms with Gasteiger partial charge in [-0.3, -0.25) is 0 Å². The zero-order valence-electron chi connectivity index (χ0n) is 11.7. The lowest BCUT2D eigenvalue weighted by atomic mass is 9.82. The predicted octanol–water partition coefficient (Wildman–Crippen LogP) is 2.80. The molecule has 1 fully saturated rings. The van der Waals surface area contributed by atoms with Crippen LogP contribution in [0.5, 0.6) is 5.88 Å². The molecular formula is C15H24N2O. The first-order valence-electron chi connectivity index (χ1n) is 6.87. The van der Waals surface area contributed by atoms with E-state index in [1.165, 1.54) is 24.8 Å². The van der Waals surface area contributed by atoms with Gasteiger partial charge in [0.25, 0.3) is 0 Å². The summed E-state index contributed by atoms with van der Waals surface area (Å²) in [7, 11) is 1.65. The van der Waals surface area contributed by atoms with Crippen LogP contribution in [-0.4, -0.2) is 24.2 Å². The summed E-state index contributed by atoms with van der Waals surface area (Å²) in [5.74, 6) is 1.41. The lowest BCUT2D eigenvalue weighted by Gasteiger charge is -2.31. The Morgan fingerprint density at radius 2 is 2.28 bits per heavy atom. The molecule has 18 heavy (non-hydrogen) atoms. The standard InChI is InChI=1S/C15H24N2O/c1-12(2)9-15(7-4-8-17-15)10-13-5-6-14(18-3)16-11-13/h5-6,11-12,17H,4,7-10H2,1-3H3. The molecule has 1 saturated heterocycles. The van der Waals surface area contributed by atoms with E-state index < -0.39 is 0 Å². The highest BCUT2D eigenvalue weighted by molar-refractivity contribution is 5.20. The second kappa shape index (κ2) is 5.70. The third-order valence-electron chi connectivity index (χ3n) is 3.68. The number of hydrogen-bond acceptors (Lipinski definition) is 3. The van der Waals surface area contributed by atoms with Crippen LogP contribution in [0.3, 0.4) is 0 Å². The number of aromatic nitrogens is 1. The van der Waals surface area contributed by atoms with Crippen LogP contribution in [-0.2, 0) is 6.42 Å². The second-order valence-electron chi connectivity index (χ2n) is 5.79. The number of nitrogens with one attached hydrogen (secondary N) is 1. The third-order valence-corrected chi connectivity index (χ3v) is 3.68. The summed E-state index contributed by atoms with van der Waals surface area (Å²) in [4.78, 5) is 4.30. The minimum atomic E-state index is 0.282. The van der Waals surface area contributed by atoms with Crippen molar-refractivity contribution in [3.63, 3.8) is 0 Å². The number of rotatable bonds is 5. The Morgan fingerprint density at radius 3 is 2.78 bits per heavy atom.